The van der Waals surface area contributed by atoms with E-state index in [2.05, 4.69) is 55.2 Å². The minimum atomic E-state index is 0.421. The fraction of sp³-hybridized carbons (Fsp3) is 0.464. The summed E-state index contributed by atoms with van der Waals surface area (Å²) in [7, 11) is 1.69. The summed E-state index contributed by atoms with van der Waals surface area (Å²) < 4.78 is 6.29. The standard InChI is InChI=1S/C23H32N6OS.2C2H2.CH2O/c1-13(2)16-6-7-17(12-16)27-21-19(14(3)26-23(29-21)25-10-11-30-5)22-28-20-15(4)24-9-8-18(20)31-22;3*1-2/h8-9,13,16-17H,6-7,10-12H2,1-5H3,(H2,25,26,27,29);2*1-2H;1H2/t16?,17-;;;/m0.../s1. The molecule has 1 unspecified atom stereocenters. The molecule has 0 spiro atoms. The average Bonchev–Trinajstić information content (AvgIpc) is 3.56. The first-order chi connectivity index (χ1) is 18.0. The number of anilines is 2. The van der Waals surface area contributed by atoms with Gasteiger partial charge in [-0.25, -0.2) is 9.97 Å². The molecule has 9 heteroatoms. The number of thiazole rings is 1. The summed E-state index contributed by atoms with van der Waals surface area (Å²) in [5.74, 6) is 2.97. The van der Waals surface area contributed by atoms with Crippen molar-refractivity contribution < 1.29 is 9.53 Å². The molecule has 2 atom stereocenters. The Labute approximate surface area is 225 Å². The van der Waals surface area contributed by atoms with E-state index in [1.54, 1.807) is 18.4 Å². The number of hydrogen-bond acceptors (Lipinski definition) is 9. The fourth-order valence-electron chi connectivity index (χ4n) is 4.31. The number of terminal acetylenes is 2. The van der Waals surface area contributed by atoms with Crippen LogP contribution in [0.5, 0.6) is 0 Å². The van der Waals surface area contributed by atoms with Crippen molar-refractivity contribution in [2.45, 2.75) is 53.0 Å². The average molecular weight is 523 g/mol. The van der Waals surface area contributed by atoms with Crippen LogP contribution in [0.1, 0.15) is 44.5 Å². The molecule has 3 heterocycles. The number of fused-ring (bicyclic) bond motifs is 1. The number of nitrogens with zero attached hydrogens (tertiary/aromatic N) is 4. The maximum atomic E-state index is 8.00. The molecule has 198 valence electrons. The van der Waals surface area contributed by atoms with Crippen molar-refractivity contribution in [3.05, 3.63) is 23.7 Å². The van der Waals surface area contributed by atoms with Gasteiger partial charge in [0.2, 0.25) is 5.95 Å². The highest BCUT2D eigenvalue weighted by Gasteiger charge is 2.28. The minimum absolute atomic E-state index is 0.421. The lowest BCUT2D eigenvalue weighted by atomic mass is 9.94. The number of methoxy groups -OCH3 is 1. The molecule has 0 aliphatic heterocycles. The van der Waals surface area contributed by atoms with Crippen LogP contribution < -0.4 is 10.6 Å². The van der Waals surface area contributed by atoms with Gasteiger partial charge in [-0.15, -0.1) is 37.0 Å². The van der Waals surface area contributed by atoms with Gasteiger partial charge in [0.05, 0.1) is 28.3 Å². The van der Waals surface area contributed by atoms with Gasteiger partial charge in [-0.3, -0.25) is 4.98 Å². The number of hydrogen-bond donors (Lipinski definition) is 2. The van der Waals surface area contributed by atoms with Gasteiger partial charge in [-0.05, 0) is 51.0 Å². The summed E-state index contributed by atoms with van der Waals surface area (Å²) >= 11 is 1.67. The lowest BCUT2D eigenvalue weighted by Crippen LogP contribution is -2.20. The maximum absolute atomic E-state index is 8.00. The second-order valence-corrected chi connectivity index (χ2v) is 9.73. The van der Waals surface area contributed by atoms with Crippen LogP contribution in [-0.2, 0) is 9.53 Å². The van der Waals surface area contributed by atoms with Gasteiger partial charge in [0.1, 0.15) is 23.1 Å². The molecular formula is C28H38N6O2S. The molecule has 1 aliphatic carbocycles. The van der Waals surface area contributed by atoms with Crippen molar-refractivity contribution in [3.63, 3.8) is 0 Å². The van der Waals surface area contributed by atoms with Gasteiger partial charge >= 0.3 is 0 Å². The minimum Gasteiger partial charge on any atom is -0.383 e. The van der Waals surface area contributed by atoms with Gasteiger partial charge < -0.3 is 20.2 Å². The highest BCUT2D eigenvalue weighted by molar-refractivity contribution is 7.21. The normalized spacial score (nSPS) is 15.9. The first-order valence-electron chi connectivity index (χ1n) is 12.0. The number of nitrogens with one attached hydrogen (secondary N) is 2. The van der Waals surface area contributed by atoms with Crippen LogP contribution in [0.2, 0.25) is 0 Å². The van der Waals surface area contributed by atoms with Crippen molar-refractivity contribution in [1.82, 2.24) is 19.9 Å². The third-order valence-corrected chi connectivity index (χ3v) is 7.18. The van der Waals surface area contributed by atoms with E-state index in [0.717, 1.165) is 43.9 Å². The van der Waals surface area contributed by atoms with Crippen molar-refractivity contribution in [1.29, 1.82) is 0 Å². The summed E-state index contributed by atoms with van der Waals surface area (Å²) in [6.45, 7) is 12.0. The quantitative estimate of drug-likeness (QED) is 0.301. The second kappa shape index (κ2) is 16.3. The van der Waals surface area contributed by atoms with Crippen LogP contribution in [-0.4, -0.2) is 53.0 Å². The molecule has 1 fully saturated rings. The van der Waals surface area contributed by atoms with Crippen molar-refractivity contribution in [2.24, 2.45) is 11.8 Å². The van der Waals surface area contributed by atoms with Gasteiger partial charge in [0.15, 0.2) is 0 Å². The van der Waals surface area contributed by atoms with Crippen molar-refractivity contribution >= 4 is 40.1 Å². The van der Waals surface area contributed by atoms with E-state index < -0.39 is 0 Å². The molecule has 0 aromatic carbocycles. The van der Waals surface area contributed by atoms with E-state index in [1.165, 1.54) is 19.3 Å². The summed E-state index contributed by atoms with van der Waals surface area (Å²) in [6.07, 6.45) is 21.4. The largest absolute Gasteiger partial charge is 0.383 e. The SMILES string of the molecule is C#C.C#C.C=O.COCCNc1nc(C)c(-c2nc3c(C)nccc3s2)c(N[C@H]2CCC(C(C)C)C2)n1. The Balaban J connectivity index is 0.00000106. The topological polar surface area (TPSA) is 102 Å². The first kappa shape index (κ1) is 31.5. The van der Waals surface area contributed by atoms with Gasteiger partial charge in [-0.1, -0.05) is 13.8 Å². The maximum Gasteiger partial charge on any atom is 0.224 e. The predicted octanol–water partition coefficient (Wildman–Crippen LogP) is 5.37. The van der Waals surface area contributed by atoms with Crippen molar-refractivity contribution in [3.8, 4) is 36.3 Å². The van der Waals surface area contributed by atoms with Crippen LogP contribution in [0.3, 0.4) is 0 Å². The predicted molar refractivity (Wildman–Crippen MR) is 155 cm³/mol. The van der Waals surface area contributed by atoms with Crippen LogP contribution >= 0.6 is 11.3 Å². The Kier molecular flexibility index (Phi) is 13.8. The summed E-state index contributed by atoms with van der Waals surface area (Å²) in [6, 6.07) is 2.45. The van der Waals surface area contributed by atoms with Crippen LogP contribution in [0, 0.1) is 51.4 Å². The number of ether oxygens (including phenoxy) is 1. The molecule has 0 saturated heterocycles. The molecule has 0 amide bonds. The third kappa shape index (κ3) is 8.24. The molecular weight excluding hydrogens is 484 g/mol. The lowest BCUT2D eigenvalue weighted by molar-refractivity contribution is -0.0979. The first-order valence-corrected chi connectivity index (χ1v) is 12.8. The second-order valence-electron chi connectivity index (χ2n) is 8.70. The zero-order chi connectivity index (χ0) is 28.0. The Morgan fingerprint density at radius 1 is 1.11 bits per heavy atom. The van der Waals surface area contributed by atoms with Crippen LogP contribution in [0.4, 0.5) is 11.8 Å². The van der Waals surface area contributed by atoms with E-state index >= 15 is 0 Å². The monoisotopic (exact) mass is 522 g/mol. The van der Waals surface area contributed by atoms with E-state index in [1.807, 2.05) is 32.9 Å². The van der Waals surface area contributed by atoms with E-state index in [4.69, 9.17) is 24.5 Å². The van der Waals surface area contributed by atoms with E-state index in [0.29, 0.717) is 31.1 Å². The molecule has 2 N–H and O–H groups in total. The van der Waals surface area contributed by atoms with Gasteiger partial charge in [0, 0.05) is 25.9 Å². The van der Waals surface area contributed by atoms with Gasteiger partial charge in [0.25, 0.3) is 0 Å². The van der Waals surface area contributed by atoms with E-state index in [9.17, 15) is 0 Å². The van der Waals surface area contributed by atoms with Crippen LogP contribution in [0.15, 0.2) is 12.3 Å². The molecule has 8 nitrogen and oxygen atoms in total. The number of aromatic nitrogens is 4. The smallest absolute Gasteiger partial charge is 0.224 e. The highest BCUT2D eigenvalue weighted by Crippen LogP contribution is 2.39. The summed E-state index contributed by atoms with van der Waals surface area (Å²) in [4.78, 5) is 26.9. The number of carbonyl (C=O) groups excluding carboxylic acids is 1. The summed E-state index contributed by atoms with van der Waals surface area (Å²) in [5.41, 5.74) is 3.81. The molecule has 3 aromatic heterocycles. The van der Waals surface area contributed by atoms with Gasteiger partial charge in [-0.2, -0.15) is 4.98 Å². The number of carbonyl (C=O) groups is 1. The molecule has 1 saturated carbocycles. The fourth-order valence-corrected chi connectivity index (χ4v) is 5.42. The number of pyridine rings is 1. The zero-order valence-electron chi connectivity index (χ0n) is 22.5. The molecule has 1 aliphatic rings. The Morgan fingerprint density at radius 2 is 1.81 bits per heavy atom. The molecule has 0 bridgehead atoms. The molecule has 3 aromatic rings. The highest BCUT2D eigenvalue weighted by atomic mass is 32.1. The van der Waals surface area contributed by atoms with E-state index in [-0.39, 0.29) is 0 Å². The zero-order valence-corrected chi connectivity index (χ0v) is 23.3. The third-order valence-electron chi connectivity index (χ3n) is 6.14. The summed E-state index contributed by atoms with van der Waals surface area (Å²) in [5, 5.41) is 7.97. The lowest BCUT2D eigenvalue weighted by Gasteiger charge is -2.19. The Hall–Kier alpha value is -3.53. The molecule has 4 rings (SSSR count). The molecule has 0 radical (unpaired) electrons. The van der Waals surface area contributed by atoms with Crippen molar-refractivity contribution in [2.75, 3.05) is 30.9 Å². The Bertz CT molecular complexity index is 1150. The molecule has 37 heavy (non-hydrogen) atoms. The number of rotatable bonds is 8. The number of aryl methyl sites for hydroxylation is 2. The van der Waals surface area contributed by atoms with Crippen LogP contribution in [0.25, 0.3) is 20.8 Å². The Morgan fingerprint density at radius 3 is 2.41 bits per heavy atom.